The first-order chi connectivity index (χ1) is 14.5. The van der Waals surface area contributed by atoms with Gasteiger partial charge in [-0.2, -0.15) is 0 Å². The molecule has 0 aliphatic carbocycles. The number of aromatic hydroxyl groups is 1. The third-order valence-corrected chi connectivity index (χ3v) is 5.39. The van der Waals surface area contributed by atoms with Crippen molar-refractivity contribution in [2.45, 2.75) is 6.61 Å². The molecule has 0 atom stereocenters. The van der Waals surface area contributed by atoms with Crippen molar-refractivity contribution in [2.24, 2.45) is 4.99 Å². The average Bonchev–Trinajstić information content (AvgIpc) is 3.09. The quantitative estimate of drug-likeness (QED) is 0.517. The maximum absolute atomic E-state index is 12.2. The summed E-state index contributed by atoms with van der Waals surface area (Å²) in [7, 11) is 0. The maximum Gasteiger partial charge on any atom is 0.264 e. The number of carbonyl (C=O) groups is 1. The summed E-state index contributed by atoms with van der Waals surface area (Å²) >= 11 is 7.16. The topological polar surface area (TPSA) is 70.9 Å². The second-order valence-corrected chi connectivity index (χ2v) is 7.95. The molecule has 0 unspecified atom stereocenters. The van der Waals surface area contributed by atoms with E-state index in [9.17, 15) is 9.90 Å². The Morgan fingerprint density at radius 2 is 1.70 bits per heavy atom. The monoisotopic (exact) mass is 436 g/mol. The third kappa shape index (κ3) is 5.23. The molecule has 0 bridgehead atoms. The first-order valence-electron chi connectivity index (χ1n) is 9.11. The molecule has 3 aromatic rings. The summed E-state index contributed by atoms with van der Waals surface area (Å²) in [6.45, 7) is 0.451. The van der Waals surface area contributed by atoms with Crippen LogP contribution in [0, 0.1) is 0 Å². The normalized spacial score (nSPS) is 16.1. The highest BCUT2D eigenvalue weighted by molar-refractivity contribution is 8.18. The van der Waals surface area contributed by atoms with E-state index in [1.165, 1.54) is 11.8 Å². The summed E-state index contributed by atoms with van der Waals surface area (Å²) < 4.78 is 5.78. The molecule has 0 radical (unpaired) electrons. The summed E-state index contributed by atoms with van der Waals surface area (Å²) in [6, 6.07) is 21.5. The number of halogens is 1. The van der Waals surface area contributed by atoms with Crippen LogP contribution in [0.5, 0.6) is 11.5 Å². The fraction of sp³-hybridized carbons (Fsp3) is 0.0435. The zero-order chi connectivity index (χ0) is 20.9. The molecule has 2 N–H and O–H groups in total. The molecule has 3 aromatic carbocycles. The largest absolute Gasteiger partial charge is 0.508 e. The van der Waals surface area contributed by atoms with E-state index in [1.54, 1.807) is 24.3 Å². The van der Waals surface area contributed by atoms with E-state index < -0.39 is 0 Å². The van der Waals surface area contributed by atoms with Gasteiger partial charge < -0.3 is 15.2 Å². The van der Waals surface area contributed by atoms with Gasteiger partial charge in [-0.15, -0.1) is 0 Å². The Hall–Kier alpha value is -3.22. The van der Waals surface area contributed by atoms with Crippen molar-refractivity contribution in [2.75, 3.05) is 0 Å². The van der Waals surface area contributed by atoms with Crippen molar-refractivity contribution >= 4 is 46.2 Å². The Morgan fingerprint density at radius 1 is 1.00 bits per heavy atom. The fourth-order valence-corrected chi connectivity index (χ4v) is 3.65. The number of phenolic OH excluding ortho intramolecular Hbond substituents is 1. The van der Waals surface area contributed by atoms with Crippen LogP contribution in [0.4, 0.5) is 5.69 Å². The van der Waals surface area contributed by atoms with Crippen LogP contribution >= 0.6 is 23.4 Å². The van der Waals surface area contributed by atoms with Gasteiger partial charge in [0.25, 0.3) is 5.91 Å². The molecular formula is C23H17ClN2O3S. The zero-order valence-corrected chi connectivity index (χ0v) is 17.3. The molecule has 7 heteroatoms. The van der Waals surface area contributed by atoms with E-state index >= 15 is 0 Å². The Labute approximate surface area is 183 Å². The van der Waals surface area contributed by atoms with Gasteiger partial charge in [0.1, 0.15) is 18.1 Å². The van der Waals surface area contributed by atoms with Crippen LogP contribution in [-0.2, 0) is 11.4 Å². The molecule has 4 rings (SSSR count). The van der Waals surface area contributed by atoms with E-state index in [1.807, 2.05) is 54.6 Å². The Balaban J connectivity index is 1.39. The molecule has 1 amide bonds. The summed E-state index contributed by atoms with van der Waals surface area (Å²) in [4.78, 5) is 17.2. The number of hydrogen-bond donors (Lipinski definition) is 2. The van der Waals surface area contributed by atoms with Gasteiger partial charge >= 0.3 is 0 Å². The molecule has 1 saturated heterocycles. The first-order valence-corrected chi connectivity index (χ1v) is 10.3. The van der Waals surface area contributed by atoms with Crippen molar-refractivity contribution in [3.63, 3.8) is 0 Å². The van der Waals surface area contributed by atoms with Gasteiger partial charge in [-0.3, -0.25) is 4.79 Å². The van der Waals surface area contributed by atoms with Crippen molar-refractivity contribution in [1.29, 1.82) is 0 Å². The van der Waals surface area contributed by atoms with Crippen LogP contribution in [0.3, 0.4) is 0 Å². The molecular weight excluding hydrogens is 420 g/mol. The van der Waals surface area contributed by atoms with Crippen LogP contribution in [0.15, 0.2) is 82.7 Å². The van der Waals surface area contributed by atoms with Crippen molar-refractivity contribution in [3.8, 4) is 11.5 Å². The highest BCUT2D eigenvalue weighted by Crippen LogP contribution is 2.29. The van der Waals surface area contributed by atoms with Gasteiger partial charge in [-0.05, 0) is 77.5 Å². The zero-order valence-electron chi connectivity index (χ0n) is 15.7. The number of amides is 1. The van der Waals surface area contributed by atoms with E-state index in [4.69, 9.17) is 16.3 Å². The van der Waals surface area contributed by atoms with Gasteiger partial charge in [0.15, 0.2) is 5.17 Å². The lowest BCUT2D eigenvalue weighted by Gasteiger charge is -2.06. The minimum atomic E-state index is -0.194. The number of hydrogen-bond acceptors (Lipinski definition) is 5. The minimum absolute atomic E-state index is 0.170. The molecule has 30 heavy (non-hydrogen) atoms. The van der Waals surface area contributed by atoms with Gasteiger partial charge in [0.05, 0.1) is 10.6 Å². The molecule has 1 fully saturated rings. The van der Waals surface area contributed by atoms with E-state index in [-0.39, 0.29) is 11.7 Å². The average molecular weight is 437 g/mol. The lowest BCUT2D eigenvalue weighted by Crippen LogP contribution is -2.19. The summed E-state index contributed by atoms with van der Waals surface area (Å²) in [5, 5.41) is 13.3. The highest BCUT2D eigenvalue weighted by Gasteiger charge is 2.23. The minimum Gasteiger partial charge on any atom is -0.508 e. The molecule has 5 nitrogen and oxygen atoms in total. The maximum atomic E-state index is 12.2. The van der Waals surface area contributed by atoms with E-state index in [0.717, 1.165) is 16.9 Å². The molecule has 1 aliphatic heterocycles. The van der Waals surface area contributed by atoms with Gasteiger partial charge in [-0.1, -0.05) is 35.9 Å². The second-order valence-electron chi connectivity index (χ2n) is 6.48. The van der Waals surface area contributed by atoms with E-state index in [2.05, 4.69) is 10.3 Å². The molecule has 0 saturated carbocycles. The first kappa shape index (κ1) is 20.1. The summed E-state index contributed by atoms with van der Waals surface area (Å²) in [6.07, 6.45) is 1.81. The van der Waals surface area contributed by atoms with Gasteiger partial charge in [-0.25, -0.2) is 4.99 Å². The van der Waals surface area contributed by atoms with Crippen molar-refractivity contribution in [1.82, 2.24) is 5.32 Å². The van der Waals surface area contributed by atoms with Crippen molar-refractivity contribution < 1.29 is 14.6 Å². The third-order valence-electron chi connectivity index (χ3n) is 4.23. The fourth-order valence-electron chi connectivity index (χ4n) is 2.68. The molecule has 150 valence electrons. The van der Waals surface area contributed by atoms with Gasteiger partial charge in [0, 0.05) is 5.02 Å². The van der Waals surface area contributed by atoms with Gasteiger partial charge in [0.2, 0.25) is 0 Å². The van der Waals surface area contributed by atoms with E-state index in [0.29, 0.717) is 27.4 Å². The number of benzene rings is 3. The SMILES string of the molecule is O=C1NC(=Nc2ccc(O)cc2)SC1=Cc1ccc(OCc2ccc(Cl)cc2)cc1. The van der Waals surface area contributed by atoms with Crippen LogP contribution in [0.25, 0.3) is 6.08 Å². The Bertz CT molecular complexity index is 1110. The van der Waals surface area contributed by atoms with Crippen LogP contribution in [-0.4, -0.2) is 16.2 Å². The Morgan fingerprint density at radius 3 is 2.40 bits per heavy atom. The standard InChI is InChI=1S/C23H17ClN2O3S/c24-17-5-1-16(2-6-17)14-29-20-11-3-15(4-12-20)13-21-22(28)26-23(30-21)25-18-7-9-19(27)10-8-18/h1-13,27H,14H2,(H,25,26,28). The number of carbonyl (C=O) groups excluding carboxylic acids is 1. The van der Waals surface area contributed by atoms with Crippen LogP contribution < -0.4 is 10.1 Å². The second kappa shape index (κ2) is 9.07. The number of aliphatic imine (C=N–C) groups is 1. The molecule has 1 heterocycles. The number of nitrogens with zero attached hydrogens (tertiary/aromatic N) is 1. The number of phenols is 1. The van der Waals surface area contributed by atoms with Crippen molar-refractivity contribution in [3.05, 3.63) is 93.9 Å². The Kier molecular flexibility index (Phi) is 6.07. The summed E-state index contributed by atoms with van der Waals surface area (Å²) in [5.41, 5.74) is 2.57. The lowest BCUT2D eigenvalue weighted by molar-refractivity contribution is -0.115. The predicted octanol–water partition coefficient (Wildman–Crippen LogP) is 5.52. The predicted molar refractivity (Wildman–Crippen MR) is 121 cm³/mol. The molecule has 0 aromatic heterocycles. The summed E-state index contributed by atoms with van der Waals surface area (Å²) in [5.74, 6) is 0.717. The number of thioether (sulfide) groups is 1. The van der Waals surface area contributed by atoms with Crippen LogP contribution in [0.2, 0.25) is 5.02 Å². The molecule has 1 aliphatic rings. The number of amidine groups is 1. The highest BCUT2D eigenvalue weighted by atomic mass is 35.5. The lowest BCUT2D eigenvalue weighted by atomic mass is 10.2. The smallest absolute Gasteiger partial charge is 0.264 e. The number of nitrogens with one attached hydrogen (secondary N) is 1. The molecule has 0 spiro atoms. The number of rotatable bonds is 5. The number of ether oxygens (including phenoxy) is 1. The van der Waals surface area contributed by atoms with Crippen LogP contribution in [0.1, 0.15) is 11.1 Å².